The fourth-order valence-corrected chi connectivity index (χ4v) is 4.11. The summed E-state index contributed by atoms with van der Waals surface area (Å²) in [7, 11) is 0. The Morgan fingerprint density at radius 1 is 0.943 bits per heavy atom. The summed E-state index contributed by atoms with van der Waals surface area (Å²) in [6.45, 7) is 7.19. The first-order chi connectivity index (χ1) is 16.9. The molecule has 1 fully saturated rings. The Morgan fingerprint density at radius 2 is 1.69 bits per heavy atom. The molecule has 182 valence electrons. The van der Waals surface area contributed by atoms with Crippen LogP contribution < -0.4 is 15.5 Å². The number of rotatable bonds is 6. The highest BCUT2D eigenvalue weighted by atomic mass is 19.4. The predicted octanol–water partition coefficient (Wildman–Crippen LogP) is 5.00. The van der Waals surface area contributed by atoms with E-state index in [1.807, 2.05) is 24.3 Å². The molecule has 2 aromatic heterocycles. The van der Waals surface area contributed by atoms with Crippen LogP contribution in [-0.2, 0) is 6.18 Å². The number of halogens is 3. The molecular weight excluding hydrogens is 457 g/mol. The zero-order valence-corrected chi connectivity index (χ0v) is 19.1. The molecule has 3 N–H and O–H groups in total. The quantitative estimate of drug-likeness (QED) is 0.357. The van der Waals surface area contributed by atoms with E-state index >= 15 is 0 Å². The number of benzene rings is 2. The van der Waals surface area contributed by atoms with Crippen LogP contribution in [0.5, 0.6) is 0 Å². The number of aromatic nitrogens is 4. The van der Waals surface area contributed by atoms with Gasteiger partial charge in [-0.25, -0.2) is 4.98 Å². The number of fused-ring (bicyclic) bond motifs is 1. The highest BCUT2D eigenvalue weighted by molar-refractivity contribution is 5.83. The highest BCUT2D eigenvalue weighted by Crippen LogP contribution is 2.35. The summed E-state index contributed by atoms with van der Waals surface area (Å²) in [4.78, 5) is 12.8. The molecule has 0 bridgehead atoms. The van der Waals surface area contributed by atoms with Gasteiger partial charge in [-0.15, -0.1) is 0 Å². The molecule has 0 saturated carbocycles. The van der Waals surface area contributed by atoms with Crippen LogP contribution >= 0.6 is 0 Å². The Bertz CT molecular complexity index is 1290. The van der Waals surface area contributed by atoms with Crippen LogP contribution in [0.25, 0.3) is 10.9 Å². The first kappa shape index (κ1) is 22.9. The number of hydrogen-bond donors (Lipinski definition) is 3. The van der Waals surface area contributed by atoms with Crippen LogP contribution in [0.4, 0.5) is 42.0 Å². The number of piperazine rings is 1. The molecule has 5 rings (SSSR count). The number of H-pyrrole nitrogens is 1. The minimum absolute atomic E-state index is 0.0641. The van der Waals surface area contributed by atoms with Crippen LogP contribution in [0.2, 0.25) is 0 Å². The zero-order chi connectivity index (χ0) is 24.4. The van der Waals surface area contributed by atoms with Gasteiger partial charge in [-0.2, -0.15) is 23.3 Å². The third-order valence-corrected chi connectivity index (χ3v) is 6.11. The van der Waals surface area contributed by atoms with E-state index in [4.69, 9.17) is 0 Å². The van der Waals surface area contributed by atoms with Crippen molar-refractivity contribution in [3.8, 4) is 0 Å². The van der Waals surface area contributed by atoms with Crippen LogP contribution in [-0.4, -0.2) is 57.8 Å². The third kappa shape index (κ3) is 5.14. The largest absolute Gasteiger partial charge is 0.421 e. The van der Waals surface area contributed by atoms with E-state index < -0.39 is 11.7 Å². The lowest BCUT2D eigenvalue weighted by atomic mass is 10.2. The van der Waals surface area contributed by atoms with Crippen LogP contribution in [0.1, 0.15) is 12.5 Å². The second-order valence-electron chi connectivity index (χ2n) is 8.34. The summed E-state index contributed by atoms with van der Waals surface area (Å²) in [6, 6.07) is 12.8. The van der Waals surface area contributed by atoms with Crippen molar-refractivity contribution in [3.63, 3.8) is 0 Å². The second-order valence-corrected chi connectivity index (χ2v) is 8.34. The van der Waals surface area contributed by atoms with E-state index in [2.05, 4.69) is 47.5 Å². The molecule has 2 aromatic carbocycles. The average molecular weight is 483 g/mol. The number of hydrogen-bond acceptors (Lipinski definition) is 7. The molecule has 11 heteroatoms. The van der Waals surface area contributed by atoms with Crippen molar-refractivity contribution in [2.75, 3.05) is 48.3 Å². The summed E-state index contributed by atoms with van der Waals surface area (Å²) in [5.41, 5.74) is 2.09. The molecule has 0 amide bonds. The van der Waals surface area contributed by atoms with Gasteiger partial charge in [0, 0.05) is 54.8 Å². The second kappa shape index (κ2) is 9.41. The van der Waals surface area contributed by atoms with Gasteiger partial charge in [0.2, 0.25) is 5.95 Å². The van der Waals surface area contributed by atoms with Crippen molar-refractivity contribution < 1.29 is 13.2 Å². The van der Waals surface area contributed by atoms with Gasteiger partial charge in [0.05, 0.1) is 11.7 Å². The molecule has 0 atom stereocenters. The summed E-state index contributed by atoms with van der Waals surface area (Å²) in [6.07, 6.45) is -2.22. The zero-order valence-electron chi connectivity index (χ0n) is 19.1. The molecule has 0 unspecified atom stereocenters. The van der Waals surface area contributed by atoms with Crippen molar-refractivity contribution in [3.05, 3.63) is 60.4 Å². The van der Waals surface area contributed by atoms with Crippen LogP contribution in [0.15, 0.2) is 54.9 Å². The number of anilines is 5. The predicted molar refractivity (Wildman–Crippen MR) is 130 cm³/mol. The molecule has 1 aliphatic rings. The van der Waals surface area contributed by atoms with E-state index in [1.54, 1.807) is 24.4 Å². The maximum atomic E-state index is 13.6. The van der Waals surface area contributed by atoms with Gasteiger partial charge in [0.25, 0.3) is 0 Å². The summed E-state index contributed by atoms with van der Waals surface area (Å²) < 4.78 is 40.9. The lowest BCUT2D eigenvalue weighted by Crippen LogP contribution is -2.46. The van der Waals surface area contributed by atoms with Gasteiger partial charge in [0.1, 0.15) is 11.4 Å². The number of likely N-dealkylation sites (N-methyl/N-ethyl adjacent to an activating group) is 1. The molecule has 0 aliphatic carbocycles. The number of nitrogens with zero attached hydrogens (tertiary/aromatic N) is 5. The molecular formula is C24H25F3N8. The fraction of sp³-hybridized carbons (Fsp3) is 0.292. The normalized spacial score (nSPS) is 14.9. The summed E-state index contributed by atoms with van der Waals surface area (Å²) >= 11 is 0. The Kier molecular flexibility index (Phi) is 6.16. The smallest absolute Gasteiger partial charge is 0.369 e. The minimum Gasteiger partial charge on any atom is -0.369 e. The fourth-order valence-electron chi connectivity index (χ4n) is 4.11. The SMILES string of the molecule is CCN1CCN(c2ccc(Nc3ncc(C(F)(F)F)c(Nc4ccc5[nH]ncc5c4)n3)cc2)CC1. The molecule has 0 spiro atoms. The van der Waals surface area contributed by atoms with Gasteiger partial charge in [-0.1, -0.05) is 6.92 Å². The molecule has 1 saturated heterocycles. The Balaban J connectivity index is 1.34. The van der Waals surface area contributed by atoms with Crippen molar-refractivity contribution in [2.24, 2.45) is 0 Å². The van der Waals surface area contributed by atoms with Crippen molar-refractivity contribution >= 4 is 39.7 Å². The van der Waals surface area contributed by atoms with E-state index in [-0.39, 0.29) is 11.8 Å². The molecule has 3 heterocycles. The lowest BCUT2D eigenvalue weighted by Gasteiger charge is -2.35. The highest BCUT2D eigenvalue weighted by Gasteiger charge is 2.35. The summed E-state index contributed by atoms with van der Waals surface area (Å²) in [5, 5.41) is 13.3. The molecule has 1 aliphatic heterocycles. The van der Waals surface area contributed by atoms with Crippen molar-refractivity contribution in [2.45, 2.75) is 13.1 Å². The van der Waals surface area contributed by atoms with Crippen LogP contribution in [0, 0.1) is 0 Å². The Hall–Kier alpha value is -3.86. The van der Waals surface area contributed by atoms with Crippen molar-refractivity contribution in [1.29, 1.82) is 0 Å². The Labute approximate surface area is 200 Å². The topological polar surface area (TPSA) is 85.0 Å². The molecule has 0 radical (unpaired) electrons. The van der Waals surface area contributed by atoms with Gasteiger partial charge >= 0.3 is 6.18 Å². The maximum Gasteiger partial charge on any atom is 0.421 e. The van der Waals surface area contributed by atoms with E-state index in [9.17, 15) is 13.2 Å². The Morgan fingerprint density at radius 3 is 2.40 bits per heavy atom. The number of nitrogens with one attached hydrogen (secondary N) is 3. The first-order valence-corrected chi connectivity index (χ1v) is 11.4. The van der Waals surface area contributed by atoms with Gasteiger partial charge in [0.15, 0.2) is 0 Å². The van der Waals surface area contributed by atoms with E-state index in [0.717, 1.165) is 55.5 Å². The monoisotopic (exact) mass is 482 g/mol. The molecule has 4 aromatic rings. The molecule has 35 heavy (non-hydrogen) atoms. The van der Waals surface area contributed by atoms with E-state index in [1.165, 1.54) is 0 Å². The standard InChI is InChI=1S/C24H25F3N8/c1-2-34-9-11-35(12-10-34)19-6-3-17(4-7-19)31-23-28-15-20(24(25,26)27)22(32-23)30-18-5-8-21-16(13-18)14-29-33-21/h3-8,13-15H,2,9-12H2,1H3,(H,29,33)(H2,28,30,31,32). The lowest BCUT2D eigenvalue weighted by molar-refractivity contribution is -0.137. The third-order valence-electron chi connectivity index (χ3n) is 6.11. The summed E-state index contributed by atoms with van der Waals surface area (Å²) in [5.74, 6) is -0.266. The van der Waals surface area contributed by atoms with Gasteiger partial charge in [-0.3, -0.25) is 5.10 Å². The van der Waals surface area contributed by atoms with Crippen LogP contribution in [0.3, 0.4) is 0 Å². The van der Waals surface area contributed by atoms with E-state index in [0.29, 0.717) is 11.4 Å². The maximum absolute atomic E-state index is 13.6. The number of aromatic amines is 1. The number of alkyl halides is 3. The average Bonchev–Trinajstić information content (AvgIpc) is 3.32. The van der Waals surface area contributed by atoms with Gasteiger partial charge in [-0.05, 0) is 49.0 Å². The minimum atomic E-state index is -4.61. The van der Waals surface area contributed by atoms with Gasteiger partial charge < -0.3 is 20.4 Å². The van der Waals surface area contributed by atoms with Crippen molar-refractivity contribution in [1.82, 2.24) is 25.1 Å². The first-order valence-electron chi connectivity index (χ1n) is 11.4. The molecule has 8 nitrogen and oxygen atoms in total.